The van der Waals surface area contributed by atoms with E-state index >= 15 is 0 Å². The van der Waals surface area contributed by atoms with E-state index in [9.17, 15) is 9.59 Å². The van der Waals surface area contributed by atoms with Gasteiger partial charge in [0.15, 0.2) is 0 Å². The summed E-state index contributed by atoms with van der Waals surface area (Å²) >= 11 is 7.28. The van der Waals surface area contributed by atoms with E-state index in [1.54, 1.807) is 19.1 Å². The van der Waals surface area contributed by atoms with E-state index in [4.69, 9.17) is 16.3 Å². The van der Waals surface area contributed by atoms with Crippen molar-refractivity contribution in [2.24, 2.45) is 0 Å². The molecule has 0 spiro atoms. The van der Waals surface area contributed by atoms with Crippen molar-refractivity contribution in [1.29, 1.82) is 0 Å². The minimum absolute atomic E-state index is 0.202. The van der Waals surface area contributed by atoms with Crippen molar-refractivity contribution < 1.29 is 9.53 Å². The number of esters is 1. The molecular weight excluding hydrogens is 360 g/mol. The fourth-order valence-electron chi connectivity index (χ4n) is 2.73. The van der Waals surface area contributed by atoms with Crippen LogP contribution in [0.2, 0.25) is 5.02 Å². The van der Waals surface area contributed by atoms with E-state index < -0.39 is 5.97 Å². The van der Waals surface area contributed by atoms with Crippen LogP contribution in [-0.2, 0) is 11.3 Å². The number of carbonyl (C=O) groups is 1. The second-order valence-electron chi connectivity index (χ2n) is 5.46. The highest BCUT2D eigenvalue weighted by Gasteiger charge is 2.23. The lowest BCUT2D eigenvalue weighted by Gasteiger charge is -2.08. The van der Waals surface area contributed by atoms with Crippen molar-refractivity contribution in [3.63, 3.8) is 0 Å². The van der Waals surface area contributed by atoms with E-state index in [1.165, 1.54) is 4.68 Å². The first kappa shape index (κ1) is 17.6. The average molecular weight is 377 g/mol. The van der Waals surface area contributed by atoms with Gasteiger partial charge in [-0.25, -0.2) is 9.48 Å². The number of thiophene rings is 1. The molecule has 2 aromatic heterocycles. The highest BCUT2D eigenvalue weighted by atomic mass is 35.5. The van der Waals surface area contributed by atoms with Crippen molar-refractivity contribution in [1.82, 2.24) is 9.78 Å². The molecule has 1 aromatic carbocycles. The molecule has 0 unspecified atom stereocenters. The van der Waals surface area contributed by atoms with Gasteiger partial charge in [0.05, 0.1) is 6.61 Å². The van der Waals surface area contributed by atoms with Gasteiger partial charge in [-0.2, -0.15) is 5.10 Å². The molecule has 25 heavy (non-hydrogen) atoms. The lowest BCUT2D eigenvalue weighted by Crippen LogP contribution is -2.22. The number of hydrogen-bond acceptors (Lipinski definition) is 5. The number of aromatic nitrogens is 2. The summed E-state index contributed by atoms with van der Waals surface area (Å²) in [6, 6.07) is 7.30. The van der Waals surface area contributed by atoms with Crippen molar-refractivity contribution in [2.75, 3.05) is 6.61 Å². The van der Waals surface area contributed by atoms with Gasteiger partial charge in [-0.05, 0) is 38.5 Å². The topological polar surface area (TPSA) is 61.2 Å². The van der Waals surface area contributed by atoms with Crippen LogP contribution in [0, 0.1) is 6.92 Å². The molecule has 0 aliphatic rings. The maximum Gasteiger partial charge on any atom is 0.348 e. The number of hydrogen-bond donors (Lipinski definition) is 0. The molecule has 0 bridgehead atoms. The van der Waals surface area contributed by atoms with Crippen LogP contribution in [-0.4, -0.2) is 22.4 Å². The van der Waals surface area contributed by atoms with E-state index in [-0.39, 0.29) is 12.2 Å². The molecule has 0 N–H and O–H groups in total. The Balaban J connectivity index is 2.38. The number of carbonyl (C=O) groups excluding carboxylic acids is 1. The molecule has 0 atom stereocenters. The molecule has 0 radical (unpaired) electrons. The smallest absolute Gasteiger partial charge is 0.348 e. The monoisotopic (exact) mass is 376 g/mol. The lowest BCUT2D eigenvalue weighted by molar-refractivity contribution is 0.0531. The van der Waals surface area contributed by atoms with E-state index in [2.05, 4.69) is 5.10 Å². The van der Waals surface area contributed by atoms with Gasteiger partial charge in [-0.1, -0.05) is 23.7 Å². The van der Waals surface area contributed by atoms with Crippen LogP contribution in [0.1, 0.15) is 29.1 Å². The molecule has 0 saturated heterocycles. The highest BCUT2D eigenvalue weighted by molar-refractivity contribution is 7.21. The van der Waals surface area contributed by atoms with Crippen LogP contribution < -0.4 is 5.56 Å². The van der Waals surface area contributed by atoms with Crippen LogP contribution >= 0.6 is 22.9 Å². The molecule has 0 fully saturated rings. The highest BCUT2D eigenvalue weighted by Crippen LogP contribution is 2.35. The summed E-state index contributed by atoms with van der Waals surface area (Å²) in [5, 5.41) is 5.78. The van der Waals surface area contributed by atoms with Crippen LogP contribution in [0.4, 0.5) is 0 Å². The van der Waals surface area contributed by atoms with Crippen LogP contribution in [0.3, 0.4) is 0 Å². The average Bonchev–Trinajstić information content (AvgIpc) is 2.94. The second kappa shape index (κ2) is 6.98. The third-order valence-corrected chi connectivity index (χ3v) is 5.39. The van der Waals surface area contributed by atoms with Gasteiger partial charge in [-0.3, -0.25) is 4.79 Å². The molecule has 130 valence electrons. The molecule has 0 aliphatic carbocycles. The molecule has 0 saturated carbocycles. The number of aryl methyl sites for hydroxylation is 2. The van der Waals surface area contributed by atoms with Gasteiger partial charge in [0, 0.05) is 22.5 Å². The number of fused-ring (bicyclic) bond motifs is 1. The molecule has 7 heteroatoms. The first-order chi connectivity index (χ1) is 12.0. The Hall–Kier alpha value is -2.18. The Bertz CT molecular complexity index is 1020. The van der Waals surface area contributed by atoms with Gasteiger partial charge in [0.1, 0.15) is 15.3 Å². The lowest BCUT2D eigenvalue weighted by atomic mass is 10.1. The summed E-state index contributed by atoms with van der Waals surface area (Å²) in [6.45, 7) is 6.15. The van der Waals surface area contributed by atoms with Gasteiger partial charge >= 0.3 is 5.97 Å². The predicted molar refractivity (Wildman–Crippen MR) is 101 cm³/mol. The molecule has 3 aromatic rings. The fourth-order valence-corrected chi connectivity index (χ4v) is 4.06. The number of halogens is 1. The Labute approximate surface area is 153 Å². The zero-order valence-corrected chi connectivity index (χ0v) is 15.7. The number of ether oxygens (including phenoxy) is 1. The minimum atomic E-state index is -0.416. The van der Waals surface area contributed by atoms with Crippen LogP contribution in [0.25, 0.3) is 21.3 Å². The predicted octanol–water partition coefficient (Wildman–Crippen LogP) is 4.28. The first-order valence-corrected chi connectivity index (χ1v) is 9.14. The van der Waals surface area contributed by atoms with Crippen molar-refractivity contribution in [3.8, 4) is 11.3 Å². The van der Waals surface area contributed by atoms with Crippen molar-refractivity contribution >= 4 is 39.0 Å². The molecular formula is C18H17ClN2O3S. The summed E-state index contributed by atoms with van der Waals surface area (Å²) in [5.41, 5.74) is 1.95. The molecule has 0 aliphatic heterocycles. The second-order valence-corrected chi connectivity index (χ2v) is 6.92. The first-order valence-electron chi connectivity index (χ1n) is 7.95. The van der Waals surface area contributed by atoms with Crippen LogP contribution in [0.15, 0.2) is 29.1 Å². The van der Waals surface area contributed by atoms with Gasteiger partial charge in [-0.15, -0.1) is 11.3 Å². The van der Waals surface area contributed by atoms with E-state index in [0.717, 1.165) is 16.9 Å². The summed E-state index contributed by atoms with van der Waals surface area (Å²) in [6.07, 6.45) is 0. The van der Waals surface area contributed by atoms with Crippen molar-refractivity contribution in [2.45, 2.75) is 27.3 Å². The SMILES string of the molecule is CCOC(=O)c1sc2c(=O)n(CC)nc(-c3cccc(Cl)c3)c2c1C. The van der Waals surface area contributed by atoms with E-state index in [1.807, 2.05) is 26.0 Å². The summed E-state index contributed by atoms with van der Waals surface area (Å²) in [4.78, 5) is 25.4. The molecule has 2 heterocycles. The Kier molecular flexibility index (Phi) is 4.92. The Morgan fingerprint density at radius 1 is 1.36 bits per heavy atom. The fraction of sp³-hybridized carbons (Fsp3) is 0.278. The Morgan fingerprint density at radius 3 is 2.76 bits per heavy atom. The number of rotatable bonds is 4. The maximum absolute atomic E-state index is 12.7. The minimum Gasteiger partial charge on any atom is -0.462 e. The normalized spacial score (nSPS) is 11.0. The van der Waals surface area contributed by atoms with E-state index in [0.29, 0.717) is 37.8 Å². The summed E-state index contributed by atoms with van der Waals surface area (Å²) in [5.74, 6) is -0.416. The molecule has 0 amide bonds. The zero-order valence-electron chi connectivity index (χ0n) is 14.1. The third-order valence-electron chi connectivity index (χ3n) is 3.89. The quantitative estimate of drug-likeness (QED) is 0.637. The standard InChI is InChI=1S/C18H17ClN2O3S/c1-4-21-17(22)16-13(10(3)15(25-16)18(23)24-5-2)14(20-21)11-7-6-8-12(19)9-11/h6-9H,4-5H2,1-3H3. The largest absolute Gasteiger partial charge is 0.462 e. The van der Waals surface area contributed by atoms with Crippen LogP contribution in [0.5, 0.6) is 0 Å². The number of nitrogens with zero attached hydrogens (tertiary/aromatic N) is 2. The molecule has 3 rings (SSSR count). The summed E-state index contributed by atoms with van der Waals surface area (Å²) in [7, 11) is 0. The number of benzene rings is 1. The van der Waals surface area contributed by atoms with Gasteiger partial charge in [0.25, 0.3) is 5.56 Å². The zero-order chi connectivity index (χ0) is 18.1. The summed E-state index contributed by atoms with van der Waals surface area (Å²) < 4.78 is 7.03. The van der Waals surface area contributed by atoms with Gasteiger partial charge < -0.3 is 4.74 Å². The van der Waals surface area contributed by atoms with Crippen molar-refractivity contribution in [3.05, 3.63) is 50.1 Å². The maximum atomic E-state index is 12.7. The van der Waals surface area contributed by atoms with Gasteiger partial charge in [0.2, 0.25) is 0 Å². The molecule has 5 nitrogen and oxygen atoms in total. The third kappa shape index (κ3) is 3.07. The Morgan fingerprint density at radius 2 is 2.12 bits per heavy atom.